The molecule has 0 aliphatic carbocycles. The van der Waals surface area contributed by atoms with Crippen LogP contribution in [0, 0.1) is 0 Å². The van der Waals surface area contributed by atoms with Gasteiger partial charge in [-0.05, 0) is 56.5 Å². The van der Waals surface area contributed by atoms with Crippen molar-refractivity contribution in [1.29, 1.82) is 0 Å². The summed E-state index contributed by atoms with van der Waals surface area (Å²) in [5.74, 6) is 1.52. The van der Waals surface area contributed by atoms with Crippen LogP contribution in [-0.2, 0) is 17.8 Å². The number of aliphatic imine (C=N–C) groups is 1. The highest BCUT2D eigenvalue weighted by molar-refractivity contribution is 5.94. The summed E-state index contributed by atoms with van der Waals surface area (Å²) < 4.78 is 11.0. The molecule has 3 rings (SSSR count). The smallest absolute Gasteiger partial charge is 0.251 e. The molecule has 1 amide bonds. The second-order valence-corrected chi connectivity index (χ2v) is 7.27. The van der Waals surface area contributed by atoms with Crippen LogP contribution in [-0.4, -0.2) is 49.1 Å². The predicted octanol–water partition coefficient (Wildman–Crippen LogP) is 3.18. The van der Waals surface area contributed by atoms with E-state index < -0.39 is 0 Å². The van der Waals surface area contributed by atoms with Gasteiger partial charge in [0.1, 0.15) is 5.76 Å². The van der Waals surface area contributed by atoms with Gasteiger partial charge in [-0.15, -0.1) is 0 Å². The number of hydrogen-bond acceptors (Lipinski definition) is 4. The fourth-order valence-electron chi connectivity index (χ4n) is 3.56. The summed E-state index contributed by atoms with van der Waals surface area (Å²) in [4.78, 5) is 19.5. The lowest BCUT2D eigenvalue weighted by Gasteiger charge is -2.34. The lowest BCUT2D eigenvalue weighted by molar-refractivity contribution is 0.0263. The molecule has 0 radical (unpaired) electrons. The highest BCUT2D eigenvalue weighted by atomic mass is 16.5. The highest BCUT2D eigenvalue weighted by Gasteiger charge is 2.21. The Balaban J connectivity index is 1.59. The van der Waals surface area contributed by atoms with Crippen LogP contribution in [0.4, 0.5) is 0 Å². The first-order valence-electron chi connectivity index (χ1n) is 10.7. The van der Waals surface area contributed by atoms with Crippen molar-refractivity contribution in [2.45, 2.75) is 45.9 Å². The van der Waals surface area contributed by atoms with Crippen molar-refractivity contribution >= 4 is 11.9 Å². The molecule has 1 saturated heterocycles. The van der Waals surface area contributed by atoms with Crippen LogP contribution in [0.15, 0.2) is 52.1 Å². The Hall–Kier alpha value is -2.80. The van der Waals surface area contributed by atoms with Crippen LogP contribution in [0.1, 0.15) is 48.4 Å². The molecular weight excluding hydrogens is 380 g/mol. The molecule has 2 aromatic rings. The number of nitrogens with zero attached hydrogens (tertiary/aromatic N) is 2. The van der Waals surface area contributed by atoms with Gasteiger partial charge in [0.25, 0.3) is 5.91 Å². The molecule has 0 unspecified atom stereocenters. The van der Waals surface area contributed by atoms with Crippen LogP contribution < -0.4 is 10.6 Å². The monoisotopic (exact) mass is 412 g/mol. The summed E-state index contributed by atoms with van der Waals surface area (Å²) in [6, 6.07) is 11.2. The number of ether oxygens (including phenoxy) is 1. The highest BCUT2D eigenvalue weighted by Crippen LogP contribution is 2.14. The molecule has 2 heterocycles. The molecular formula is C23H32N4O3. The van der Waals surface area contributed by atoms with Crippen LogP contribution in [0.25, 0.3) is 0 Å². The standard InChI is InChI=1S/C23H32N4O3/c1-3-24-23(27-12-10-20(11-13-27)29-4-2)26-16-18-7-5-8-19(15-18)22(28)25-17-21-9-6-14-30-21/h5-9,14-15,20H,3-4,10-13,16-17H2,1-2H3,(H,24,26)(H,25,28). The van der Waals surface area contributed by atoms with E-state index in [4.69, 9.17) is 14.1 Å². The van der Waals surface area contributed by atoms with Crippen molar-refractivity contribution in [3.63, 3.8) is 0 Å². The Bertz CT molecular complexity index is 812. The molecule has 7 nitrogen and oxygen atoms in total. The van der Waals surface area contributed by atoms with Gasteiger partial charge in [0, 0.05) is 31.8 Å². The van der Waals surface area contributed by atoms with Crippen molar-refractivity contribution in [3.05, 3.63) is 59.5 Å². The Kier molecular flexibility index (Phi) is 8.32. The van der Waals surface area contributed by atoms with E-state index in [-0.39, 0.29) is 5.91 Å². The number of nitrogens with one attached hydrogen (secondary N) is 2. The van der Waals surface area contributed by atoms with Gasteiger partial charge in [0.15, 0.2) is 5.96 Å². The normalized spacial score (nSPS) is 15.3. The van der Waals surface area contributed by atoms with Gasteiger partial charge in [0.2, 0.25) is 0 Å². The average Bonchev–Trinajstić information content (AvgIpc) is 3.30. The fourth-order valence-corrected chi connectivity index (χ4v) is 3.56. The van der Waals surface area contributed by atoms with E-state index in [1.54, 1.807) is 12.3 Å². The van der Waals surface area contributed by atoms with Crippen LogP contribution in [0.5, 0.6) is 0 Å². The Morgan fingerprint density at radius 1 is 1.20 bits per heavy atom. The minimum Gasteiger partial charge on any atom is -0.467 e. The van der Waals surface area contributed by atoms with Gasteiger partial charge in [-0.1, -0.05) is 12.1 Å². The number of piperidine rings is 1. The van der Waals surface area contributed by atoms with Gasteiger partial charge >= 0.3 is 0 Å². The molecule has 1 aromatic heterocycles. The predicted molar refractivity (Wildman–Crippen MR) is 117 cm³/mol. The lowest BCUT2D eigenvalue weighted by Crippen LogP contribution is -2.47. The van der Waals surface area contributed by atoms with Gasteiger partial charge < -0.3 is 24.7 Å². The van der Waals surface area contributed by atoms with E-state index in [1.165, 1.54) is 0 Å². The maximum atomic E-state index is 12.4. The van der Waals surface area contributed by atoms with Gasteiger partial charge in [-0.2, -0.15) is 0 Å². The van der Waals surface area contributed by atoms with Gasteiger partial charge in [-0.25, -0.2) is 4.99 Å². The third-order valence-electron chi connectivity index (χ3n) is 5.08. The molecule has 0 atom stereocenters. The number of likely N-dealkylation sites (tertiary alicyclic amines) is 1. The van der Waals surface area contributed by atoms with Crippen LogP contribution >= 0.6 is 0 Å². The molecule has 162 valence electrons. The van der Waals surface area contributed by atoms with E-state index in [0.29, 0.717) is 24.8 Å². The molecule has 0 spiro atoms. The van der Waals surface area contributed by atoms with Crippen LogP contribution in [0.3, 0.4) is 0 Å². The van der Waals surface area contributed by atoms with Crippen molar-refractivity contribution in [1.82, 2.24) is 15.5 Å². The molecule has 1 fully saturated rings. The molecule has 1 aliphatic rings. The molecule has 30 heavy (non-hydrogen) atoms. The summed E-state index contributed by atoms with van der Waals surface area (Å²) in [6.07, 6.45) is 3.99. The quantitative estimate of drug-likeness (QED) is 0.514. The van der Waals surface area contributed by atoms with Crippen molar-refractivity contribution in [2.24, 2.45) is 4.99 Å². The first kappa shape index (κ1) is 21.9. The zero-order valence-electron chi connectivity index (χ0n) is 17.9. The van der Waals surface area contributed by atoms with Crippen LogP contribution in [0.2, 0.25) is 0 Å². The minimum absolute atomic E-state index is 0.123. The Morgan fingerprint density at radius 2 is 2.03 bits per heavy atom. The molecule has 2 N–H and O–H groups in total. The zero-order valence-corrected chi connectivity index (χ0v) is 17.9. The third kappa shape index (κ3) is 6.35. The summed E-state index contributed by atoms with van der Waals surface area (Å²) >= 11 is 0. The van der Waals surface area contributed by atoms with Crippen molar-refractivity contribution < 1.29 is 13.9 Å². The number of hydrogen-bond donors (Lipinski definition) is 2. The van der Waals surface area contributed by atoms with Crippen molar-refractivity contribution in [3.8, 4) is 0 Å². The zero-order chi connectivity index (χ0) is 21.2. The number of benzene rings is 1. The number of guanidine groups is 1. The second-order valence-electron chi connectivity index (χ2n) is 7.27. The second kappa shape index (κ2) is 11.4. The van der Waals surface area contributed by atoms with Gasteiger partial charge in [-0.3, -0.25) is 4.79 Å². The van der Waals surface area contributed by atoms with E-state index in [2.05, 4.69) is 22.5 Å². The number of furan rings is 1. The molecule has 0 bridgehead atoms. The number of carbonyl (C=O) groups excluding carboxylic acids is 1. The number of carbonyl (C=O) groups is 1. The van der Waals surface area contributed by atoms with E-state index in [9.17, 15) is 4.79 Å². The molecule has 7 heteroatoms. The lowest BCUT2D eigenvalue weighted by atomic mass is 10.1. The fraction of sp³-hybridized carbons (Fsp3) is 0.478. The SMILES string of the molecule is CCNC(=NCc1cccc(C(=O)NCc2ccco2)c1)N1CCC(OCC)CC1. The van der Waals surface area contributed by atoms with E-state index >= 15 is 0 Å². The Labute approximate surface area is 178 Å². The largest absolute Gasteiger partial charge is 0.467 e. The Morgan fingerprint density at radius 3 is 2.73 bits per heavy atom. The summed E-state index contributed by atoms with van der Waals surface area (Å²) in [5, 5.41) is 6.27. The third-order valence-corrected chi connectivity index (χ3v) is 5.08. The molecule has 1 aromatic carbocycles. The van der Waals surface area contributed by atoms with Gasteiger partial charge in [0.05, 0.1) is 25.5 Å². The maximum absolute atomic E-state index is 12.4. The minimum atomic E-state index is -0.123. The first-order chi connectivity index (χ1) is 14.7. The van der Waals surface area contributed by atoms with E-state index in [1.807, 2.05) is 37.3 Å². The summed E-state index contributed by atoms with van der Waals surface area (Å²) in [6.45, 7) is 8.47. The maximum Gasteiger partial charge on any atom is 0.251 e. The number of rotatable bonds is 8. The topological polar surface area (TPSA) is 79.1 Å². The summed E-state index contributed by atoms with van der Waals surface area (Å²) in [7, 11) is 0. The van der Waals surface area contributed by atoms with Crippen molar-refractivity contribution in [2.75, 3.05) is 26.2 Å². The first-order valence-corrected chi connectivity index (χ1v) is 10.7. The summed E-state index contributed by atoms with van der Waals surface area (Å²) in [5.41, 5.74) is 1.62. The average molecular weight is 413 g/mol. The number of amides is 1. The molecule has 1 aliphatic heterocycles. The van der Waals surface area contributed by atoms with E-state index in [0.717, 1.165) is 56.4 Å². The molecule has 0 saturated carbocycles.